The van der Waals surface area contributed by atoms with Crippen LogP contribution in [0.4, 0.5) is 0 Å². The molecule has 23 heavy (non-hydrogen) atoms. The quantitative estimate of drug-likeness (QED) is 0.444. The summed E-state index contributed by atoms with van der Waals surface area (Å²) in [7, 11) is 0. The molecule has 4 nitrogen and oxygen atoms in total. The van der Waals surface area contributed by atoms with Gasteiger partial charge in [0, 0.05) is 5.56 Å². The molecule has 3 aromatic rings. The SMILES string of the molecule is O=C/C=C/c1cccc2[nH]c(C(=O)/C=C/c3ccccc3)nc12. The minimum absolute atomic E-state index is 0.199. The maximum atomic E-state index is 12.3. The van der Waals surface area contributed by atoms with Gasteiger partial charge in [-0.1, -0.05) is 48.5 Å². The van der Waals surface area contributed by atoms with Gasteiger partial charge in [0.25, 0.3) is 0 Å². The van der Waals surface area contributed by atoms with E-state index in [1.807, 2.05) is 48.5 Å². The van der Waals surface area contributed by atoms with Crippen molar-refractivity contribution in [3.05, 3.63) is 77.6 Å². The number of nitrogens with zero attached hydrogens (tertiary/aromatic N) is 1. The van der Waals surface area contributed by atoms with E-state index in [-0.39, 0.29) is 11.6 Å². The molecule has 0 atom stereocenters. The third-order valence-corrected chi connectivity index (χ3v) is 3.36. The van der Waals surface area contributed by atoms with E-state index in [1.54, 1.807) is 12.2 Å². The predicted molar refractivity (Wildman–Crippen MR) is 91.0 cm³/mol. The number of carbonyl (C=O) groups excluding carboxylic acids is 2. The number of ketones is 1. The molecule has 3 rings (SSSR count). The smallest absolute Gasteiger partial charge is 0.221 e. The largest absolute Gasteiger partial charge is 0.335 e. The van der Waals surface area contributed by atoms with Gasteiger partial charge in [0.1, 0.15) is 6.29 Å². The van der Waals surface area contributed by atoms with Crippen LogP contribution < -0.4 is 0 Å². The first kappa shape index (κ1) is 14.7. The first-order valence-electron chi connectivity index (χ1n) is 7.16. The number of hydrogen-bond acceptors (Lipinski definition) is 3. The van der Waals surface area contributed by atoms with Crippen molar-refractivity contribution in [1.29, 1.82) is 0 Å². The second kappa shape index (κ2) is 6.66. The van der Waals surface area contributed by atoms with E-state index in [1.165, 1.54) is 12.2 Å². The van der Waals surface area contributed by atoms with Crippen molar-refractivity contribution in [3.63, 3.8) is 0 Å². The molecule has 112 valence electrons. The van der Waals surface area contributed by atoms with E-state index in [2.05, 4.69) is 9.97 Å². The fourth-order valence-corrected chi connectivity index (χ4v) is 2.26. The highest BCUT2D eigenvalue weighted by Gasteiger charge is 2.10. The van der Waals surface area contributed by atoms with Gasteiger partial charge in [-0.05, 0) is 29.9 Å². The van der Waals surface area contributed by atoms with Crippen LogP contribution in [-0.4, -0.2) is 22.0 Å². The Morgan fingerprint density at radius 3 is 2.61 bits per heavy atom. The Labute approximate surface area is 133 Å². The summed E-state index contributed by atoms with van der Waals surface area (Å²) in [6.45, 7) is 0. The number of imidazole rings is 1. The molecule has 1 aromatic heterocycles. The van der Waals surface area contributed by atoms with Gasteiger partial charge in [0.15, 0.2) is 5.82 Å². The molecule has 2 aromatic carbocycles. The van der Waals surface area contributed by atoms with E-state index in [9.17, 15) is 9.59 Å². The van der Waals surface area contributed by atoms with Gasteiger partial charge in [-0.25, -0.2) is 4.98 Å². The molecule has 0 aliphatic heterocycles. The second-order valence-corrected chi connectivity index (χ2v) is 4.93. The molecule has 1 heterocycles. The Hall–Kier alpha value is -3.27. The molecule has 0 fully saturated rings. The third kappa shape index (κ3) is 3.32. The van der Waals surface area contributed by atoms with Crippen LogP contribution in [0.2, 0.25) is 0 Å². The predicted octanol–water partition coefficient (Wildman–Crippen LogP) is 3.67. The van der Waals surface area contributed by atoms with Crippen molar-refractivity contribution in [3.8, 4) is 0 Å². The molecule has 0 aliphatic carbocycles. The molecule has 1 N–H and O–H groups in total. The summed E-state index contributed by atoms with van der Waals surface area (Å²) < 4.78 is 0. The highest BCUT2D eigenvalue weighted by Crippen LogP contribution is 2.18. The minimum atomic E-state index is -0.199. The Morgan fingerprint density at radius 1 is 1.00 bits per heavy atom. The normalized spacial score (nSPS) is 11.5. The number of rotatable bonds is 5. The zero-order chi connectivity index (χ0) is 16.1. The number of benzene rings is 2. The number of para-hydroxylation sites is 1. The number of allylic oxidation sites excluding steroid dienone is 2. The Balaban J connectivity index is 1.91. The average molecular weight is 302 g/mol. The topological polar surface area (TPSA) is 62.8 Å². The van der Waals surface area contributed by atoms with Crippen molar-refractivity contribution in [2.75, 3.05) is 0 Å². The van der Waals surface area contributed by atoms with E-state index in [0.29, 0.717) is 11.8 Å². The van der Waals surface area contributed by atoms with E-state index >= 15 is 0 Å². The monoisotopic (exact) mass is 302 g/mol. The Bertz CT molecular complexity index is 906. The van der Waals surface area contributed by atoms with Crippen LogP contribution in [0.1, 0.15) is 21.7 Å². The molecular weight excluding hydrogens is 288 g/mol. The Morgan fingerprint density at radius 2 is 1.83 bits per heavy atom. The average Bonchev–Trinajstić information content (AvgIpc) is 3.03. The first-order valence-corrected chi connectivity index (χ1v) is 7.16. The van der Waals surface area contributed by atoms with Gasteiger partial charge in [-0.15, -0.1) is 0 Å². The molecule has 0 amide bonds. The number of hydrogen-bond donors (Lipinski definition) is 1. The van der Waals surface area contributed by atoms with Crippen LogP contribution in [0, 0.1) is 0 Å². The Kier molecular flexibility index (Phi) is 4.25. The maximum Gasteiger partial charge on any atom is 0.221 e. The van der Waals surface area contributed by atoms with Gasteiger partial charge in [0.05, 0.1) is 11.0 Å². The number of H-pyrrole nitrogens is 1. The van der Waals surface area contributed by atoms with Gasteiger partial charge in [-0.2, -0.15) is 0 Å². The van der Waals surface area contributed by atoms with Crippen molar-refractivity contribution in [1.82, 2.24) is 9.97 Å². The highest BCUT2D eigenvalue weighted by molar-refractivity contribution is 6.06. The molecule has 4 heteroatoms. The summed E-state index contributed by atoms with van der Waals surface area (Å²) in [6, 6.07) is 15.1. The summed E-state index contributed by atoms with van der Waals surface area (Å²) in [5.41, 5.74) is 3.17. The lowest BCUT2D eigenvalue weighted by Crippen LogP contribution is -1.96. The molecule has 0 bridgehead atoms. The van der Waals surface area contributed by atoms with Crippen molar-refractivity contribution in [2.45, 2.75) is 0 Å². The van der Waals surface area contributed by atoms with Gasteiger partial charge >= 0.3 is 0 Å². The maximum absolute atomic E-state index is 12.3. The van der Waals surface area contributed by atoms with Crippen molar-refractivity contribution < 1.29 is 9.59 Å². The highest BCUT2D eigenvalue weighted by atomic mass is 16.1. The van der Waals surface area contributed by atoms with Crippen LogP contribution in [0.15, 0.2) is 60.7 Å². The van der Waals surface area contributed by atoms with Crippen LogP contribution >= 0.6 is 0 Å². The first-order chi connectivity index (χ1) is 11.3. The number of aromatic nitrogens is 2. The molecular formula is C19H14N2O2. The van der Waals surface area contributed by atoms with Gasteiger partial charge < -0.3 is 4.98 Å². The lowest BCUT2D eigenvalue weighted by Gasteiger charge is -1.92. The number of aromatic amines is 1. The van der Waals surface area contributed by atoms with Gasteiger partial charge in [-0.3, -0.25) is 9.59 Å². The third-order valence-electron chi connectivity index (χ3n) is 3.36. The minimum Gasteiger partial charge on any atom is -0.335 e. The van der Waals surface area contributed by atoms with Crippen LogP contribution in [0.3, 0.4) is 0 Å². The van der Waals surface area contributed by atoms with Crippen LogP contribution in [0.25, 0.3) is 23.2 Å². The fourth-order valence-electron chi connectivity index (χ4n) is 2.26. The molecule has 0 saturated heterocycles. The fraction of sp³-hybridized carbons (Fsp3) is 0. The molecule has 0 saturated carbocycles. The molecule has 0 aliphatic rings. The number of aldehydes is 1. The number of carbonyl (C=O) groups is 2. The van der Waals surface area contributed by atoms with Crippen LogP contribution in [-0.2, 0) is 4.79 Å². The summed E-state index contributed by atoms with van der Waals surface area (Å²) in [5, 5.41) is 0. The molecule has 0 unspecified atom stereocenters. The standard InChI is InChI=1S/C19H14N2O2/c22-13-5-9-15-8-4-10-16-18(15)21-19(20-16)17(23)12-11-14-6-2-1-3-7-14/h1-13H,(H,20,21)/b9-5+,12-11+. The van der Waals surface area contributed by atoms with Crippen LogP contribution in [0.5, 0.6) is 0 Å². The zero-order valence-corrected chi connectivity index (χ0v) is 12.3. The van der Waals surface area contributed by atoms with E-state index in [4.69, 9.17) is 0 Å². The molecule has 0 radical (unpaired) electrons. The number of fused-ring (bicyclic) bond motifs is 1. The van der Waals surface area contributed by atoms with E-state index in [0.717, 1.165) is 16.6 Å². The summed E-state index contributed by atoms with van der Waals surface area (Å²) in [5.74, 6) is 0.0782. The summed E-state index contributed by atoms with van der Waals surface area (Å²) >= 11 is 0. The van der Waals surface area contributed by atoms with Crippen molar-refractivity contribution in [2.24, 2.45) is 0 Å². The lowest BCUT2D eigenvalue weighted by atomic mass is 10.2. The number of nitrogens with one attached hydrogen (secondary N) is 1. The summed E-state index contributed by atoms with van der Waals surface area (Å²) in [4.78, 5) is 30.1. The van der Waals surface area contributed by atoms with Crippen molar-refractivity contribution >= 4 is 35.3 Å². The zero-order valence-electron chi connectivity index (χ0n) is 12.3. The van der Waals surface area contributed by atoms with E-state index < -0.39 is 0 Å². The van der Waals surface area contributed by atoms with Gasteiger partial charge in [0.2, 0.25) is 5.78 Å². The second-order valence-electron chi connectivity index (χ2n) is 4.93. The summed E-state index contributed by atoms with van der Waals surface area (Å²) in [6.07, 6.45) is 7.03. The molecule has 0 spiro atoms. The lowest BCUT2D eigenvalue weighted by molar-refractivity contribution is -0.104.